The van der Waals surface area contributed by atoms with E-state index in [4.69, 9.17) is 51.1 Å². The van der Waals surface area contributed by atoms with Crippen LogP contribution in [0.2, 0.25) is 20.1 Å². The number of carbonyl (C=O) groups excluding carboxylic acids is 1. The molecule has 1 amide bonds. The quantitative estimate of drug-likeness (QED) is 0.723. The minimum absolute atomic E-state index is 0.126. The molecule has 0 aliphatic heterocycles. The summed E-state index contributed by atoms with van der Waals surface area (Å²) in [6, 6.07) is 10.0. The van der Waals surface area contributed by atoms with Gasteiger partial charge >= 0.3 is 0 Å². The van der Waals surface area contributed by atoms with Gasteiger partial charge in [-0.3, -0.25) is 4.79 Å². The topological polar surface area (TPSA) is 38.3 Å². The molecular weight excluding hydrogens is 368 g/mol. The third-order valence-electron chi connectivity index (χ3n) is 2.69. The van der Waals surface area contributed by atoms with Gasteiger partial charge in [-0.2, -0.15) is 0 Å². The van der Waals surface area contributed by atoms with Crippen molar-refractivity contribution in [2.24, 2.45) is 0 Å². The van der Waals surface area contributed by atoms with Gasteiger partial charge in [-0.25, -0.2) is 0 Å². The van der Waals surface area contributed by atoms with Crippen molar-refractivity contribution >= 4 is 58.0 Å². The zero-order valence-corrected chi connectivity index (χ0v) is 14.2. The maximum atomic E-state index is 11.9. The van der Waals surface area contributed by atoms with E-state index < -0.39 is 0 Å². The van der Waals surface area contributed by atoms with Crippen LogP contribution in [0.15, 0.2) is 36.4 Å². The van der Waals surface area contributed by atoms with Gasteiger partial charge in [0.25, 0.3) is 0 Å². The van der Waals surface area contributed by atoms with Crippen molar-refractivity contribution in [2.45, 2.75) is 6.42 Å². The summed E-state index contributed by atoms with van der Waals surface area (Å²) in [5.74, 6) is 0.248. The van der Waals surface area contributed by atoms with Crippen LogP contribution in [0.5, 0.6) is 5.75 Å². The molecule has 3 nitrogen and oxygen atoms in total. The summed E-state index contributed by atoms with van der Waals surface area (Å²) in [6.07, 6.45) is 0.126. The molecule has 0 bridgehead atoms. The summed E-state index contributed by atoms with van der Waals surface area (Å²) in [5.41, 5.74) is 0.329. The van der Waals surface area contributed by atoms with E-state index in [2.05, 4.69) is 5.32 Å². The molecule has 0 aliphatic carbocycles. The summed E-state index contributed by atoms with van der Waals surface area (Å²) in [7, 11) is 0. The maximum absolute atomic E-state index is 11.9. The van der Waals surface area contributed by atoms with E-state index in [-0.39, 0.29) is 29.0 Å². The van der Waals surface area contributed by atoms with Gasteiger partial charge in [0, 0.05) is 5.02 Å². The van der Waals surface area contributed by atoms with Crippen molar-refractivity contribution in [1.29, 1.82) is 0 Å². The number of carbonyl (C=O) groups is 1. The van der Waals surface area contributed by atoms with Gasteiger partial charge in [-0.1, -0.05) is 58.5 Å². The number of nitrogens with one attached hydrogen (secondary N) is 1. The minimum Gasteiger partial charge on any atom is -0.491 e. The van der Waals surface area contributed by atoms with E-state index in [9.17, 15) is 4.79 Å². The van der Waals surface area contributed by atoms with E-state index in [1.165, 1.54) is 12.1 Å². The average molecular weight is 379 g/mol. The van der Waals surface area contributed by atoms with Crippen LogP contribution in [0.3, 0.4) is 0 Å². The third kappa shape index (κ3) is 4.68. The lowest BCUT2D eigenvalue weighted by Gasteiger charge is -2.11. The molecule has 0 heterocycles. The molecule has 0 aromatic heterocycles. The van der Waals surface area contributed by atoms with Crippen molar-refractivity contribution in [3.05, 3.63) is 56.5 Å². The molecule has 0 saturated carbocycles. The second-order valence-electron chi connectivity index (χ2n) is 4.32. The Morgan fingerprint density at radius 3 is 2.27 bits per heavy atom. The molecule has 0 radical (unpaired) electrons. The van der Waals surface area contributed by atoms with Crippen molar-refractivity contribution in [3.63, 3.8) is 0 Å². The normalized spacial score (nSPS) is 10.4. The Morgan fingerprint density at radius 2 is 1.64 bits per heavy atom. The van der Waals surface area contributed by atoms with Crippen LogP contribution in [0, 0.1) is 0 Å². The molecule has 0 fully saturated rings. The van der Waals surface area contributed by atoms with E-state index in [0.29, 0.717) is 21.5 Å². The van der Waals surface area contributed by atoms with Crippen molar-refractivity contribution in [2.75, 3.05) is 11.9 Å². The fraction of sp³-hybridized carbons (Fsp3) is 0.133. The Morgan fingerprint density at radius 1 is 1.00 bits per heavy atom. The molecule has 1 N–H and O–H groups in total. The number of para-hydroxylation sites is 1. The lowest BCUT2D eigenvalue weighted by molar-refractivity contribution is -0.116. The molecule has 0 saturated heterocycles. The van der Waals surface area contributed by atoms with Gasteiger partial charge < -0.3 is 10.1 Å². The molecule has 0 aliphatic rings. The van der Waals surface area contributed by atoms with Crippen LogP contribution < -0.4 is 10.1 Å². The average Bonchev–Trinajstić information content (AvgIpc) is 2.45. The zero-order chi connectivity index (χ0) is 16.1. The Kier molecular flexibility index (Phi) is 6.21. The van der Waals surface area contributed by atoms with E-state index >= 15 is 0 Å². The van der Waals surface area contributed by atoms with Gasteiger partial charge in [0.15, 0.2) is 0 Å². The summed E-state index contributed by atoms with van der Waals surface area (Å²) < 4.78 is 5.44. The number of hydrogen-bond acceptors (Lipinski definition) is 2. The second kappa shape index (κ2) is 7.93. The van der Waals surface area contributed by atoms with Crippen LogP contribution in [-0.4, -0.2) is 12.5 Å². The minimum atomic E-state index is -0.279. The van der Waals surface area contributed by atoms with Gasteiger partial charge in [0.2, 0.25) is 5.91 Å². The lowest BCUT2D eigenvalue weighted by atomic mass is 10.3. The van der Waals surface area contributed by atoms with Crippen LogP contribution >= 0.6 is 46.4 Å². The lowest BCUT2D eigenvalue weighted by Crippen LogP contribution is -2.15. The number of amides is 1. The number of ether oxygens (including phenoxy) is 1. The highest BCUT2D eigenvalue weighted by molar-refractivity contribution is 6.42. The van der Waals surface area contributed by atoms with Gasteiger partial charge in [0.05, 0.1) is 33.8 Å². The monoisotopic (exact) mass is 377 g/mol. The zero-order valence-electron chi connectivity index (χ0n) is 11.2. The number of hydrogen-bond donors (Lipinski definition) is 1. The summed E-state index contributed by atoms with van der Waals surface area (Å²) >= 11 is 23.8. The molecule has 116 valence electrons. The Labute approximate surface area is 148 Å². The predicted molar refractivity (Wildman–Crippen MR) is 91.7 cm³/mol. The SMILES string of the molecule is O=C(CCOc1ccccc1Cl)Nc1c(Cl)cc(Cl)cc1Cl. The van der Waals surface area contributed by atoms with Gasteiger partial charge in [-0.15, -0.1) is 0 Å². The Balaban J connectivity index is 1.90. The number of rotatable bonds is 5. The predicted octanol–water partition coefficient (Wildman–Crippen LogP) is 5.71. The number of anilines is 1. The fourth-order valence-corrected chi connectivity index (χ4v) is 2.78. The summed E-state index contributed by atoms with van der Waals surface area (Å²) in [6.45, 7) is 0.179. The molecule has 22 heavy (non-hydrogen) atoms. The summed E-state index contributed by atoms with van der Waals surface area (Å²) in [4.78, 5) is 11.9. The molecule has 0 spiro atoms. The van der Waals surface area contributed by atoms with E-state index in [1.807, 2.05) is 0 Å². The van der Waals surface area contributed by atoms with E-state index in [0.717, 1.165) is 0 Å². The van der Waals surface area contributed by atoms with Crippen LogP contribution in [0.25, 0.3) is 0 Å². The highest BCUT2D eigenvalue weighted by Crippen LogP contribution is 2.33. The van der Waals surface area contributed by atoms with Crippen molar-refractivity contribution < 1.29 is 9.53 Å². The number of benzene rings is 2. The second-order valence-corrected chi connectivity index (χ2v) is 5.98. The molecule has 0 atom stereocenters. The fourth-order valence-electron chi connectivity index (χ4n) is 1.68. The Hall–Kier alpha value is -1.13. The molecule has 2 aromatic rings. The van der Waals surface area contributed by atoms with Gasteiger partial charge in [-0.05, 0) is 24.3 Å². The first-order valence-corrected chi connectivity index (χ1v) is 7.80. The smallest absolute Gasteiger partial charge is 0.227 e. The highest BCUT2D eigenvalue weighted by atomic mass is 35.5. The van der Waals surface area contributed by atoms with Crippen LogP contribution in [-0.2, 0) is 4.79 Å². The van der Waals surface area contributed by atoms with Crippen molar-refractivity contribution in [3.8, 4) is 5.75 Å². The van der Waals surface area contributed by atoms with Gasteiger partial charge in [0.1, 0.15) is 5.75 Å². The molecule has 2 rings (SSSR count). The number of halogens is 4. The van der Waals surface area contributed by atoms with Crippen LogP contribution in [0.1, 0.15) is 6.42 Å². The first-order valence-electron chi connectivity index (χ1n) is 6.29. The Bertz CT molecular complexity index is 668. The third-order valence-corrected chi connectivity index (χ3v) is 3.82. The van der Waals surface area contributed by atoms with E-state index in [1.54, 1.807) is 24.3 Å². The molecule has 0 unspecified atom stereocenters. The molecular formula is C15H11Cl4NO2. The standard InChI is InChI=1S/C15H11Cl4NO2/c16-9-7-11(18)15(12(19)8-9)20-14(21)5-6-22-13-4-2-1-3-10(13)17/h1-4,7-8H,5-6H2,(H,20,21). The maximum Gasteiger partial charge on any atom is 0.227 e. The van der Waals surface area contributed by atoms with Crippen molar-refractivity contribution in [1.82, 2.24) is 0 Å². The summed E-state index contributed by atoms with van der Waals surface area (Å²) in [5, 5.41) is 4.07. The largest absolute Gasteiger partial charge is 0.491 e. The first kappa shape index (κ1) is 17.2. The first-order chi connectivity index (χ1) is 10.5. The molecule has 2 aromatic carbocycles. The molecule has 7 heteroatoms. The van der Waals surface area contributed by atoms with Crippen LogP contribution in [0.4, 0.5) is 5.69 Å². The highest BCUT2D eigenvalue weighted by Gasteiger charge is 2.11.